The maximum atomic E-state index is 5.21. The molecule has 0 amide bonds. The third-order valence-electron chi connectivity index (χ3n) is 1.08. The first kappa shape index (κ1) is 7.14. The molecule has 1 saturated heterocycles. The first-order valence-corrected chi connectivity index (χ1v) is 4.15. The quantitative estimate of drug-likeness (QED) is 0.396. The van der Waals surface area contributed by atoms with E-state index in [9.17, 15) is 0 Å². The van der Waals surface area contributed by atoms with Crippen molar-refractivity contribution < 1.29 is 9.90 Å². The summed E-state index contributed by atoms with van der Waals surface area (Å²) in [5, 5.41) is 0. The normalized spacial score (nSPS) is 24.0. The minimum Gasteiger partial charge on any atom is -0.424 e. The van der Waals surface area contributed by atoms with Gasteiger partial charge in [-0.25, -0.2) is 0 Å². The van der Waals surface area contributed by atoms with Gasteiger partial charge in [-0.05, 0) is 12.5 Å². The summed E-state index contributed by atoms with van der Waals surface area (Å²) in [7, 11) is 0.00849. The Morgan fingerprint density at radius 2 is 2.14 bits per heavy atom. The molecule has 0 aromatic rings. The molecule has 0 aliphatic carbocycles. The number of hydrogen-bond donors (Lipinski definition) is 0. The van der Waals surface area contributed by atoms with Crippen LogP contribution in [0.2, 0.25) is 6.04 Å². The lowest BCUT2D eigenvalue weighted by Crippen LogP contribution is -2.06. The van der Waals surface area contributed by atoms with Crippen molar-refractivity contribution in [2.24, 2.45) is 0 Å². The highest BCUT2D eigenvalue weighted by Crippen LogP contribution is 2.01. The number of rotatable bonds is 0. The molecule has 0 bridgehead atoms. The van der Waals surface area contributed by atoms with E-state index in [-0.39, 0.29) is 15.2 Å². The highest BCUT2D eigenvalue weighted by molar-refractivity contribution is 6.27. The zero-order valence-corrected chi connectivity index (χ0v) is 5.86. The molecule has 1 aliphatic heterocycles. The Morgan fingerprint density at radius 1 is 1.29 bits per heavy atom. The molecule has 44 valence electrons. The lowest BCUT2D eigenvalue weighted by atomic mass is 10.4. The summed E-state index contributed by atoms with van der Waals surface area (Å²) < 4.78 is 5.21. The fourth-order valence-corrected chi connectivity index (χ4v) is 1.86. The molecule has 0 unspecified atom stereocenters. The Kier molecular flexibility index (Phi) is 4.38. The Balaban J connectivity index is 0.000000360. The highest BCUT2D eigenvalue weighted by atomic mass is 28.2. The molecule has 0 saturated carbocycles. The van der Waals surface area contributed by atoms with Crippen molar-refractivity contribution in [3.63, 3.8) is 0 Å². The zero-order valence-electron chi connectivity index (χ0n) is 4.44. The largest absolute Gasteiger partial charge is 0.424 e. The summed E-state index contributed by atoms with van der Waals surface area (Å²) >= 11 is 0. The number of hydrogen-bond acceptors (Lipinski definition) is 1. The average molecular weight is 120 g/mol. The van der Waals surface area contributed by atoms with Gasteiger partial charge in [-0.15, -0.1) is 0 Å². The van der Waals surface area contributed by atoms with Crippen LogP contribution in [-0.4, -0.2) is 21.8 Å². The SMILES string of the molecule is C1CC[SiH2]OC1.O. The van der Waals surface area contributed by atoms with Crippen LogP contribution < -0.4 is 0 Å². The van der Waals surface area contributed by atoms with Gasteiger partial charge in [0, 0.05) is 6.61 Å². The van der Waals surface area contributed by atoms with Gasteiger partial charge in [-0.3, -0.25) is 0 Å². The summed E-state index contributed by atoms with van der Waals surface area (Å²) in [6.45, 7) is 1.06. The molecule has 1 heterocycles. The van der Waals surface area contributed by atoms with Crippen molar-refractivity contribution in [1.29, 1.82) is 0 Å². The lowest BCUT2D eigenvalue weighted by molar-refractivity contribution is 0.304. The second kappa shape index (κ2) is 4.30. The standard InChI is InChI=1S/C4H10OSi.H2O/c1-2-4-6-5-3-1;/h1-4,6H2;1H2. The van der Waals surface area contributed by atoms with Crippen LogP contribution in [0.4, 0.5) is 0 Å². The summed E-state index contributed by atoms with van der Waals surface area (Å²) in [5.41, 5.74) is 0. The fraction of sp³-hybridized carbons (Fsp3) is 1.00. The van der Waals surface area contributed by atoms with Crippen molar-refractivity contribution in [3.8, 4) is 0 Å². The van der Waals surface area contributed by atoms with Crippen molar-refractivity contribution in [2.75, 3.05) is 6.61 Å². The van der Waals surface area contributed by atoms with Crippen LogP contribution in [0.15, 0.2) is 0 Å². The van der Waals surface area contributed by atoms with Gasteiger partial charge in [0.2, 0.25) is 0 Å². The third kappa shape index (κ3) is 2.79. The van der Waals surface area contributed by atoms with Crippen LogP contribution in [0.1, 0.15) is 12.8 Å². The molecule has 0 aromatic carbocycles. The first-order valence-electron chi connectivity index (χ1n) is 2.58. The predicted octanol–water partition coefficient (Wildman–Crippen LogP) is -0.526. The topological polar surface area (TPSA) is 40.7 Å². The molecule has 0 spiro atoms. The Labute approximate surface area is 46.1 Å². The van der Waals surface area contributed by atoms with E-state index in [1.807, 2.05) is 0 Å². The van der Waals surface area contributed by atoms with Crippen LogP contribution in [0.25, 0.3) is 0 Å². The first-order chi connectivity index (χ1) is 3.00. The smallest absolute Gasteiger partial charge is 0.161 e. The maximum absolute atomic E-state index is 5.21. The van der Waals surface area contributed by atoms with Gasteiger partial charge in [-0.2, -0.15) is 0 Å². The molecule has 0 radical (unpaired) electrons. The second-order valence-electron chi connectivity index (χ2n) is 1.67. The molecule has 1 rings (SSSR count). The van der Waals surface area contributed by atoms with Crippen LogP contribution >= 0.6 is 0 Å². The van der Waals surface area contributed by atoms with E-state index in [0.717, 1.165) is 6.61 Å². The van der Waals surface area contributed by atoms with Gasteiger partial charge in [0.05, 0.1) is 0 Å². The van der Waals surface area contributed by atoms with Gasteiger partial charge in [-0.1, -0.05) is 6.42 Å². The van der Waals surface area contributed by atoms with Crippen molar-refractivity contribution in [1.82, 2.24) is 0 Å². The fourth-order valence-electron chi connectivity index (χ4n) is 0.687. The van der Waals surface area contributed by atoms with E-state index >= 15 is 0 Å². The Hall–Kier alpha value is 0.137. The van der Waals surface area contributed by atoms with E-state index in [4.69, 9.17) is 4.43 Å². The molecular weight excluding hydrogens is 108 g/mol. The van der Waals surface area contributed by atoms with Gasteiger partial charge in [0.25, 0.3) is 0 Å². The van der Waals surface area contributed by atoms with E-state index in [0.29, 0.717) is 0 Å². The molecule has 1 aliphatic rings. The lowest BCUT2D eigenvalue weighted by Gasteiger charge is -2.07. The monoisotopic (exact) mass is 120 g/mol. The van der Waals surface area contributed by atoms with Crippen LogP contribution in [0, 0.1) is 0 Å². The molecular formula is C4H12O2Si. The molecule has 0 atom stereocenters. The molecule has 3 heteroatoms. The van der Waals surface area contributed by atoms with Gasteiger partial charge >= 0.3 is 0 Å². The van der Waals surface area contributed by atoms with Gasteiger partial charge in [0.15, 0.2) is 9.76 Å². The Bertz CT molecular complexity index is 25.2. The van der Waals surface area contributed by atoms with Crippen LogP contribution in [-0.2, 0) is 4.43 Å². The second-order valence-corrected chi connectivity index (χ2v) is 3.20. The predicted molar refractivity (Wildman–Crippen MR) is 32.2 cm³/mol. The summed E-state index contributed by atoms with van der Waals surface area (Å²) in [5.74, 6) is 0. The van der Waals surface area contributed by atoms with E-state index < -0.39 is 0 Å². The third-order valence-corrected chi connectivity index (χ3v) is 2.44. The van der Waals surface area contributed by atoms with Crippen LogP contribution in [0.5, 0.6) is 0 Å². The van der Waals surface area contributed by atoms with Gasteiger partial charge < -0.3 is 9.90 Å². The zero-order chi connectivity index (χ0) is 4.24. The summed E-state index contributed by atoms with van der Waals surface area (Å²) in [6, 6.07) is 1.42. The van der Waals surface area contributed by atoms with Gasteiger partial charge in [0.1, 0.15) is 0 Å². The summed E-state index contributed by atoms with van der Waals surface area (Å²) in [4.78, 5) is 0. The summed E-state index contributed by atoms with van der Waals surface area (Å²) in [6.07, 6.45) is 2.75. The minimum atomic E-state index is 0. The van der Waals surface area contributed by atoms with E-state index in [1.165, 1.54) is 18.9 Å². The van der Waals surface area contributed by atoms with E-state index in [2.05, 4.69) is 0 Å². The maximum Gasteiger partial charge on any atom is 0.161 e. The molecule has 7 heavy (non-hydrogen) atoms. The highest BCUT2D eigenvalue weighted by Gasteiger charge is 1.96. The molecule has 2 nitrogen and oxygen atoms in total. The van der Waals surface area contributed by atoms with Crippen LogP contribution in [0.3, 0.4) is 0 Å². The van der Waals surface area contributed by atoms with Crippen molar-refractivity contribution in [3.05, 3.63) is 0 Å². The van der Waals surface area contributed by atoms with Crippen molar-refractivity contribution >= 4 is 9.76 Å². The molecule has 1 fully saturated rings. The molecule has 2 N–H and O–H groups in total. The average Bonchev–Trinajstić information content (AvgIpc) is 1.72. The van der Waals surface area contributed by atoms with E-state index in [1.54, 1.807) is 0 Å². The minimum absolute atomic E-state index is 0. The van der Waals surface area contributed by atoms with Crippen molar-refractivity contribution in [2.45, 2.75) is 18.9 Å². The molecule has 0 aromatic heterocycles. The Morgan fingerprint density at radius 3 is 2.29 bits per heavy atom.